The number of carboxylic acid groups (broad SMARTS) is 1. The van der Waals surface area contributed by atoms with Crippen LogP contribution in [0.2, 0.25) is 0 Å². The van der Waals surface area contributed by atoms with Crippen LogP contribution < -0.4 is 21.9 Å². The van der Waals surface area contributed by atoms with E-state index in [4.69, 9.17) is 0 Å². The minimum atomic E-state index is -1.31. The van der Waals surface area contributed by atoms with E-state index in [0.717, 1.165) is 15.5 Å². The molecule has 2 amide bonds. The molecule has 0 fully saturated rings. The number of para-hydroxylation sites is 2. The Kier molecular flexibility index (Phi) is 8.75. The summed E-state index contributed by atoms with van der Waals surface area (Å²) in [5.74, 6) is -3.32. The first-order chi connectivity index (χ1) is 19.5. The van der Waals surface area contributed by atoms with Crippen molar-refractivity contribution in [2.45, 2.75) is 58.7 Å². The molecule has 11 nitrogen and oxygen atoms in total. The number of aliphatic carboxylic acids is 1. The molecule has 4 unspecified atom stereocenters. The van der Waals surface area contributed by atoms with Gasteiger partial charge in [-0.3, -0.25) is 14.4 Å². The number of benzene rings is 2. The van der Waals surface area contributed by atoms with Crippen LogP contribution in [-0.2, 0) is 20.8 Å². The highest BCUT2D eigenvalue weighted by atomic mass is 16.4. The highest BCUT2D eigenvalue weighted by molar-refractivity contribution is 5.92. The molecule has 41 heavy (non-hydrogen) atoms. The van der Waals surface area contributed by atoms with Gasteiger partial charge in [-0.15, -0.1) is 0 Å². The molecule has 0 saturated heterocycles. The molecule has 0 aliphatic rings. The van der Waals surface area contributed by atoms with E-state index in [-0.39, 0.29) is 17.7 Å². The molecule has 0 aliphatic heterocycles. The standard InChI is InChI=1S/C30H35N5O6/c1-5-17(4)25(29(39)40)34-27(37)24(16(2)3)33-26(36)23(14-18-15-31-21-12-8-6-10-19(18)21)35-28(38)20-11-7-9-13-22(20)32-30(35)41/h6-13,15-17,23-25,31H,5,14H2,1-4H3,(H,32,41)(H,33,36)(H,34,37)(H,39,40). The minimum absolute atomic E-state index is 0.0196. The Hall–Kier alpha value is -4.67. The van der Waals surface area contributed by atoms with Crippen LogP contribution in [0.15, 0.2) is 64.3 Å². The van der Waals surface area contributed by atoms with Gasteiger partial charge in [0.2, 0.25) is 11.8 Å². The Morgan fingerprint density at radius 1 is 0.878 bits per heavy atom. The lowest BCUT2D eigenvalue weighted by Gasteiger charge is -2.28. The lowest BCUT2D eigenvalue weighted by Crippen LogP contribution is -2.57. The fraction of sp³-hybridized carbons (Fsp3) is 0.367. The van der Waals surface area contributed by atoms with Gasteiger partial charge in [0.25, 0.3) is 5.56 Å². The van der Waals surface area contributed by atoms with Crippen molar-refractivity contribution in [2.24, 2.45) is 11.8 Å². The molecular formula is C30H35N5O6. The second-order valence-electron chi connectivity index (χ2n) is 10.7. The minimum Gasteiger partial charge on any atom is -0.480 e. The van der Waals surface area contributed by atoms with Crippen LogP contribution in [0.1, 0.15) is 45.7 Å². The number of carboxylic acids is 1. The van der Waals surface area contributed by atoms with Gasteiger partial charge < -0.3 is 25.7 Å². The molecule has 2 heterocycles. The summed E-state index contributed by atoms with van der Waals surface area (Å²) >= 11 is 0. The summed E-state index contributed by atoms with van der Waals surface area (Å²) < 4.78 is 0.883. The highest BCUT2D eigenvalue weighted by Gasteiger charge is 2.34. The van der Waals surface area contributed by atoms with Crippen molar-refractivity contribution in [3.8, 4) is 0 Å². The summed E-state index contributed by atoms with van der Waals surface area (Å²) in [5.41, 5.74) is 0.466. The van der Waals surface area contributed by atoms with Crippen molar-refractivity contribution in [1.29, 1.82) is 0 Å². The van der Waals surface area contributed by atoms with E-state index in [0.29, 0.717) is 17.5 Å². The van der Waals surface area contributed by atoms with Crippen LogP contribution in [0.3, 0.4) is 0 Å². The molecular weight excluding hydrogens is 526 g/mol. The van der Waals surface area contributed by atoms with Gasteiger partial charge in [0.15, 0.2) is 0 Å². The van der Waals surface area contributed by atoms with Crippen LogP contribution in [0.4, 0.5) is 0 Å². The smallest absolute Gasteiger partial charge is 0.329 e. The number of amides is 2. The summed E-state index contributed by atoms with van der Waals surface area (Å²) in [6.45, 7) is 6.97. The number of nitrogens with one attached hydrogen (secondary N) is 4. The number of H-pyrrole nitrogens is 2. The summed E-state index contributed by atoms with van der Waals surface area (Å²) in [7, 11) is 0. The topological polar surface area (TPSA) is 166 Å². The zero-order valence-electron chi connectivity index (χ0n) is 23.4. The number of rotatable bonds is 11. The molecule has 11 heteroatoms. The Morgan fingerprint density at radius 2 is 1.49 bits per heavy atom. The van der Waals surface area contributed by atoms with Crippen LogP contribution in [0.5, 0.6) is 0 Å². The average Bonchev–Trinajstić information content (AvgIpc) is 3.35. The molecule has 0 radical (unpaired) electrons. The van der Waals surface area contributed by atoms with Gasteiger partial charge in [-0.05, 0) is 35.6 Å². The molecule has 2 aromatic carbocycles. The number of hydrogen-bond acceptors (Lipinski definition) is 5. The lowest BCUT2D eigenvalue weighted by atomic mass is 9.97. The molecule has 0 bridgehead atoms. The van der Waals surface area contributed by atoms with Crippen molar-refractivity contribution >= 4 is 39.6 Å². The van der Waals surface area contributed by atoms with E-state index in [2.05, 4.69) is 20.6 Å². The first kappa shape index (κ1) is 29.3. The maximum absolute atomic E-state index is 13.9. The molecule has 4 atom stereocenters. The number of hydrogen-bond donors (Lipinski definition) is 5. The Morgan fingerprint density at radius 3 is 2.12 bits per heavy atom. The van der Waals surface area contributed by atoms with E-state index >= 15 is 0 Å². The number of fused-ring (bicyclic) bond motifs is 2. The maximum atomic E-state index is 13.9. The lowest BCUT2D eigenvalue weighted by molar-refractivity contribution is -0.144. The van der Waals surface area contributed by atoms with Crippen LogP contribution in [0.25, 0.3) is 21.8 Å². The molecule has 0 saturated carbocycles. The molecule has 4 aromatic rings. The summed E-state index contributed by atoms with van der Waals surface area (Å²) in [6, 6.07) is 10.4. The first-order valence-electron chi connectivity index (χ1n) is 13.7. The Balaban J connectivity index is 1.75. The quantitative estimate of drug-likeness (QED) is 0.189. The van der Waals surface area contributed by atoms with Crippen molar-refractivity contribution in [3.05, 3.63) is 81.1 Å². The first-order valence-corrected chi connectivity index (χ1v) is 13.7. The number of carbonyl (C=O) groups is 3. The molecule has 0 aliphatic carbocycles. The number of aromatic nitrogens is 3. The highest BCUT2D eigenvalue weighted by Crippen LogP contribution is 2.23. The fourth-order valence-electron chi connectivity index (χ4n) is 4.98. The van der Waals surface area contributed by atoms with E-state index < -0.39 is 53.1 Å². The van der Waals surface area contributed by atoms with E-state index in [1.54, 1.807) is 51.2 Å². The predicted molar refractivity (Wildman–Crippen MR) is 156 cm³/mol. The van der Waals surface area contributed by atoms with Crippen molar-refractivity contribution < 1.29 is 19.5 Å². The normalized spacial score (nSPS) is 14.5. The Bertz CT molecular complexity index is 1700. The van der Waals surface area contributed by atoms with Gasteiger partial charge in [0.1, 0.15) is 18.1 Å². The third-order valence-corrected chi connectivity index (χ3v) is 7.56. The molecule has 4 rings (SSSR count). The summed E-state index contributed by atoms with van der Waals surface area (Å²) in [4.78, 5) is 71.7. The second kappa shape index (κ2) is 12.2. The monoisotopic (exact) mass is 561 g/mol. The maximum Gasteiger partial charge on any atom is 0.329 e. The SMILES string of the molecule is CCC(C)C(NC(=O)C(NC(=O)C(Cc1c[nH]c2ccccc12)n1c(=O)[nH]c2ccccc2c1=O)C(C)C)C(=O)O. The Labute approximate surface area is 236 Å². The largest absolute Gasteiger partial charge is 0.480 e. The fourth-order valence-corrected chi connectivity index (χ4v) is 4.98. The van der Waals surface area contributed by atoms with E-state index in [1.807, 2.05) is 31.2 Å². The van der Waals surface area contributed by atoms with Gasteiger partial charge in [-0.1, -0.05) is 64.4 Å². The van der Waals surface area contributed by atoms with Crippen molar-refractivity contribution in [3.63, 3.8) is 0 Å². The second-order valence-corrected chi connectivity index (χ2v) is 10.7. The third-order valence-electron chi connectivity index (χ3n) is 7.56. The zero-order valence-corrected chi connectivity index (χ0v) is 23.4. The molecule has 5 N–H and O–H groups in total. The van der Waals surface area contributed by atoms with Gasteiger partial charge in [-0.2, -0.15) is 0 Å². The summed E-state index contributed by atoms with van der Waals surface area (Å²) in [5, 5.41) is 16.0. The average molecular weight is 562 g/mol. The van der Waals surface area contributed by atoms with Gasteiger partial charge in [0, 0.05) is 23.5 Å². The molecule has 216 valence electrons. The van der Waals surface area contributed by atoms with Crippen molar-refractivity contribution in [1.82, 2.24) is 25.2 Å². The number of nitrogens with zero attached hydrogens (tertiary/aromatic N) is 1. The van der Waals surface area contributed by atoms with Crippen LogP contribution >= 0.6 is 0 Å². The molecule has 2 aromatic heterocycles. The summed E-state index contributed by atoms with van der Waals surface area (Å²) in [6.07, 6.45) is 2.23. The number of carbonyl (C=O) groups excluding carboxylic acids is 2. The van der Waals surface area contributed by atoms with E-state index in [1.165, 1.54) is 0 Å². The van der Waals surface area contributed by atoms with Gasteiger partial charge in [-0.25, -0.2) is 14.2 Å². The van der Waals surface area contributed by atoms with Gasteiger partial charge in [0.05, 0.1) is 10.9 Å². The van der Waals surface area contributed by atoms with Crippen LogP contribution in [-0.4, -0.2) is 49.5 Å². The zero-order chi connectivity index (χ0) is 29.8. The molecule has 0 spiro atoms. The third kappa shape index (κ3) is 6.08. The predicted octanol–water partition coefficient (Wildman–Crippen LogP) is 2.71. The number of aromatic amines is 2. The van der Waals surface area contributed by atoms with Gasteiger partial charge >= 0.3 is 11.7 Å². The van der Waals surface area contributed by atoms with E-state index in [9.17, 15) is 29.1 Å². The van der Waals surface area contributed by atoms with Crippen molar-refractivity contribution in [2.75, 3.05) is 0 Å². The van der Waals surface area contributed by atoms with Crippen LogP contribution in [0, 0.1) is 11.8 Å².